The van der Waals surface area contributed by atoms with E-state index in [-0.39, 0.29) is 47.0 Å². The molecular weight excluding hydrogens is 422 g/mol. The number of nitrogens with zero attached hydrogens (tertiary/aromatic N) is 3. The Morgan fingerprint density at radius 2 is 2.06 bits per heavy atom. The first-order valence-corrected chi connectivity index (χ1v) is 10.4. The van der Waals surface area contributed by atoms with E-state index in [1.807, 2.05) is 32.9 Å². The Kier molecular flexibility index (Phi) is 6.38. The molecule has 31 heavy (non-hydrogen) atoms. The molecule has 1 saturated heterocycles. The molecule has 0 spiro atoms. The molecule has 170 valence electrons. The molecule has 1 aliphatic carbocycles. The number of aromatic hydroxyl groups is 1. The molecule has 0 bridgehead atoms. The first-order valence-electron chi connectivity index (χ1n) is 10.4. The quantitative estimate of drug-likeness (QED) is 0.640. The molecule has 4 rings (SSSR count). The van der Waals surface area contributed by atoms with Crippen molar-refractivity contribution in [3.63, 3.8) is 0 Å². The van der Waals surface area contributed by atoms with Crippen LogP contribution in [0.1, 0.15) is 56.0 Å². The Morgan fingerprint density at radius 3 is 2.65 bits per heavy atom. The maximum Gasteiger partial charge on any atom is 0.291 e. The van der Waals surface area contributed by atoms with Crippen LogP contribution in [0.4, 0.5) is 5.82 Å². The average molecular weight is 452 g/mol. The number of carbonyl (C=O) groups is 1. The first-order chi connectivity index (χ1) is 14.2. The fraction of sp³-hybridized carbons (Fsp3) is 0.571. The monoisotopic (exact) mass is 451 g/mol. The topological polar surface area (TPSA) is 124 Å². The maximum absolute atomic E-state index is 13.1. The minimum Gasteiger partial charge on any atom is -0.494 e. The summed E-state index contributed by atoms with van der Waals surface area (Å²) in [4.78, 5) is 25.8. The van der Waals surface area contributed by atoms with Crippen LogP contribution < -0.4 is 16.6 Å². The van der Waals surface area contributed by atoms with Crippen LogP contribution in [0, 0.1) is 11.3 Å². The Labute approximate surface area is 186 Å². The zero-order valence-corrected chi connectivity index (χ0v) is 18.9. The molecule has 3 heterocycles. The first kappa shape index (κ1) is 23.1. The number of halogens is 1. The lowest BCUT2D eigenvalue weighted by Gasteiger charge is -2.23. The molecule has 4 N–H and O–H groups in total. The maximum atomic E-state index is 13.1. The summed E-state index contributed by atoms with van der Waals surface area (Å²) in [6.45, 7) is 7.75. The van der Waals surface area contributed by atoms with Crippen molar-refractivity contribution < 1.29 is 14.6 Å². The van der Waals surface area contributed by atoms with Crippen molar-refractivity contribution in [1.29, 1.82) is 0 Å². The second-order valence-corrected chi connectivity index (χ2v) is 9.42. The largest absolute Gasteiger partial charge is 0.494 e. The molecule has 2 aliphatic rings. The van der Waals surface area contributed by atoms with Crippen molar-refractivity contribution in [2.45, 2.75) is 52.6 Å². The van der Waals surface area contributed by atoms with Crippen LogP contribution in [0.25, 0.3) is 11.7 Å². The van der Waals surface area contributed by atoms with Gasteiger partial charge in [-0.15, -0.1) is 17.5 Å². The lowest BCUT2D eigenvalue weighted by atomic mass is 9.96. The highest BCUT2D eigenvalue weighted by molar-refractivity contribution is 5.97. The van der Waals surface area contributed by atoms with Gasteiger partial charge in [0.2, 0.25) is 5.88 Å². The van der Waals surface area contributed by atoms with Crippen molar-refractivity contribution in [1.82, 2.24) is 19.5 Å². The third-order valence-corrected chi connectivity index (χ3v) is 5.34. The number of hydrogen-bond donors (Lipinski definition) is 3. The van der Waals surface area contributed by atoms with Gasteiger partial charge in [0, 0.05) is 25.1 Å². The number of ether oxygens (including phenoxy) is 1. The summed E-state index contributed by atoms with van der Waals surface area (Å²) in [6.07, 6.45) is 6.50. The number of hydrogen-bond acceptors (Lipinski definition) is 6. The standard InChI is InChI=1S/C21H29N5O4.ClH/c1-21(2,3)11-25-18-14(7-4-12-8-9-30-10-12)16(22)24-26(18)20(29)15(19(25)28)17(27)23-13-5-6-13;/h4,7,12-13,28H,5-6,8-11H2,1-3H3,(H2,22,24)(H,23,27);1H. The molecule has 2 aromatic rings. The molecule has 9 nitrogen and oxygen atoms in total. The summed E-state index contributed by atoms with van der Waals surface area (Å²) in [7, 11) is 0. The van der Waals surface area contributed by atoms with Crippen LogP contribution >= 0.6 is 12.4 Å². The van der Waals surface area contributed by atoms with Gasteiger partial charge < -0.3 is 20.9 Å². The molecule has 1 atom stereocenters. The van der Waals surface area contributed by atoms with Crippen molar-refractivity contribution in [2.75, 3.05) is 18.9 Å². The van der Waals surface area contributed by atoms with E-state index in [0.717, 1.165) is 23.8 Å². The van der Waals surface area contributed by atoms with E-state index in [2.05, 4.69) is 10.4 Å². The Bertz CT molecular complexity index is 1070. The highest BCUT2D eigenvalue weighted by atomic mass is 35.5. The van der Waals surface area contributed by atoms with Gasteiger partial charge in [-0.25, -0.2) is 0 Å². The van der Waals surface area contributed by atoms with Crippen LogP contribution in [-0.4, -0.2) is 44.5 Å². The van der Waals surface area contributed by atoms with Crippen molar-refractivity contribution in [3.05, 3.63) is 27.6 Å². The molecule has 1 saturated carbocycles. The molecule has 1 unspecified atom stereocenters. The summed E-state index contributed by atoms with van der Waals surface area (Å²) >= 11 is 0. The zero-order chi connectivity index (χ0) is 21.6. The second kappa shape index (κ2) is 8.55. The van der Waals surface area contributed by atoms with Gasteiger partial charge in [0.05, 0.1) is 12.2 Å². The number of fused-ring (bicyclic) bond motifs is 1. The Balaban J connectivity index is 0.00000272. The van der Waals surface area contributed by atoms with E-state index in [1.165, 1.54) is 0 Å². The van der Waals surface area contributed by atoms with E-state index in [1.54, 1.807) is 4.57 Å². The lowest BCUT2D eigenvalue weighted by molar-refractivity contribution is 0.0944. The molecule has 0 aromatic carbocycles. The highest BCUT2D eigenvalue weighted by Crippen LogP contribution is 2.30. The summed E-state index contributed by atoms with van der Waals surface area (Å²) < 4.78 is 8.11. The third-order valence-electron chi connectivity index (χ3n) is 5.34. The van der Waals surface area contributed by atoms with Crippen molar-refractivity contribution in [3.8, 4) is 5.88 Å². The third kappa shape index (κ3) is 4.72. The number of nitrogen functional groups attached to an aromatic ring is 1. The fourth-order valence-electron chi connectivity index (χ4n) is 3.68. The number of aromatic nitrogens is 3. The molecule has 1 aliphatic heterocycles. The summed E-state index contributed by atoms with van der Waals surface area (Å²) in [5.74, 6) is -0.512. The number of carbonyl (C=O) groups excluding carboxylic acids is 1. The van der Waals surface area contributed by atoms with Gasteiger partial charge in [-0.2, -0.15) is 4.52 Å². The normalized spacial score (nSPS) is 19.1. The van der Waals surface area contributed by atoms with Crippen molar-refractivity contribution >= 4 is 35.9 Å². The number of amides is 1. The van der Waals surface area contributed by atoms with E-state index >= 15 is 0 Å². The number of anilines is 1. The molecular formula is C21H30ClN5O4. The summed E-state index contributed by atoms with van der Waals surface area (Å²) in [5.41, 5.74) is 5.86. The summed E-state index contributed by atoms with van der Waals surface area (Å²) in [5, 5.41) is 18.0. The van der Waals surface area contributed by atoms with E-state index < -0.39 is 11.5 Å². The van der Waals surface area contributed by atoms with Gasteiger partial charge in [-0.05, 0) is 24.7 Å². The predicted molar refractivity (Wildman–Crippen MR) is 121 cm³/mol. The SMILES string of the molecule is CC(C)(C)Cn1c(O)c(C(=O)NC2CC2)c(=O)n2nc(N)c(C=CC3CCOC3)c12.Cl. The van der Waals surface area contributed by atoms with Crippen LogP contribution in [0.15, 0.2) is 10.9 Å². The van der Waals surface area contributed by atoms with E-state index in [9.17, 15) is 14.7 Å². The van der Waals surface area contributed by atoms with Gasteiger partial charge in [-0.3, -0.25) is 14.2 Å². The smallest absolute Gasteiger partial charge is 0.291 e. The highest BCUT2D eigenvalue weighted by Gasteiger charge is 2.31. The molecule has 0 radical (unpaired) electrons. The van der Waals surface area contributed by atoms with Gasteiger partial charge in [-0.1, -0.05) is 32.9 Å². The molecule has 2 aromatic heterocycles. The van der Waals surface area contributed by atoms with E-state index in [0.29, 0.717) is 31.0 Å². The van der Waals surface area contributed by atoms with Gasteiger partial charge in [0.1, 0.15) is 0 Å². The molecule has 1 amide bonds. The molecule has 2 fully saturated rings. The van der Waals surface area contributed by atoms with Gasteiger partial charge >= 0.3 is 0 Å². The second-order valence-electron chi connectivity index (χ2n) is 9.42. The minimum atomic E-state index is -0.679. The Hall–Kier alpha value is -2.52. The number of nitrogens with two attached hydrogens (primary N) is 1. The predicted octanol–water partition coefficient (Wildman–Crippen LogP) is 2.19. The van der Waals surface area contributed by atoms with E-state index in [4.69, 9.17) is 10.5 Å². The minimum absolute atomic E-state index is 0. The molecule has 10 heteroatoms. The fourth-order valence-corrected chi connectivity index (χ4v) is 3.68. The number of rotatable bonds is 5. The summed E-state index contributed by atoms with van der Waals surface area (Å²) in [6, 6.07) is 0.0536. The number of nitrogens with one attached hydrogen (secondary N) is 1. The van der Waals surface area contributed by atoms with Crippen molar-refractivity contribution in [2.24, 2.45) is 11.3 Å². The Morgan fingerprint density at radius 1 is 1.35 bits per heavy atom. The van der Waals surface area contributed by atoms with Gasteiger partial charge in [0.25, 0.3) is 11.5 Å². The van der Waals surface area contributed by atoms with Crippen LogP contribution in [0.5, 0.6) is 5.88 Å². The average Bonchev–Trinajstić information content (AvgIpc) is 3.18. The zero-order valence-electron chi connectivity index (χ0n) is 18.1. The van der Waals surface area contributed by atoms with Gasteiger partial charge in [0.15, 0.2) is 17.0 Å². The van der Waals surface area contributed by atoms with Crippen LogP contribution in [0.2, 0.25) is 0 Å². The van der Waals surface area contributed by atoms with Crippen LogP contribution in [-0.2, 0) is 11.3 Å². The lowest BCUT2D eigenvalue weighted by Crippen LogP contribution is -2.35. The van der Waals surface area contributed by atoms with Crippen LogP contribution in [0.3, 0.4) is 0 Å².